The van der Waals surface area contributed by atoms with Crippen LogP contribution in [0.5, 0.6) is 0 Å². The van der Waals surface area contributed by atoms with Crippen molar-refractivity contribution in [3.05, 3.63) is 72.8 Å². The summed E-state index contributed by atoms with van der Waals surface area (Å²) in [5.74, 6) is -0.272. The van der Waals surface area contributed by atoms with Crippen LogP contribution in [0.2, 0.25) is 0 Å². The minimum Gasteiger partial charge on any atom is -0.348 e. The normalized spacial score (nSPS) is 11.4. The van der Waals surface area contributed by atoms with Crippen molar-refractivity contribution >= 4 is 17.6 Å². The molecule has 1 unspecified atom stereocenters. The van der Waals surface area contributed by atoms with E-state index in [0.717, 1.165) is 11.3 Å². The summed E-state index contributed by atoms with van der Waals surface area (Å²) in [6.45, 7) is 1.77. The fourth-order valence-corrected chi connectivity index (χ4v) is 2.49. The predicted molar refractivity (Wildman–Crippen MR) is 101 cm³/mol. The van der Waals surface area contributed by atoms with E-state index < -0.39 is 6.03 Å². The van der Waals surface area contributed by atoms with Crippen molar-refractivity contribution in [2.75, 3.05) is 11.9 Å². The van der Waals surface area contributed by atoms with Gasteiger partial charge in [-0.2, -0.15) is 5.10 Å². The molecule has 0 aliphatic rings. The lowest BCUT2D eigenvalue weighted by atomic mass is 10.1. The second-order valence-electron chi connectivity index (χ2n) is 5.89. The third kappa shape index (κ3) is 5.15. The maximum Gasteiger partial charge on any atom is 0.319 e. The van der Waals surface area contributed by atoms with E-state index in [9.17, 15) is 9.59 Å². The summed E-state index contributed by atoms with van der Waals surface area (Å²) in [7, 11) is 0. The average Bonchev–Trinajstić information content (AvgIpc) is 3.22. The van der Waals surface area contributed by atoms with Gasteiger partial charge in [-0.15, -0.1) is 0 Å². The quantitative estimate of drug-likeness (QED) is 0.624. The van der Waals surface area contributed by atoms with Gasteiger partial charge >= 0.3 is 6.03 Å². The Morgan fingerprint density at radius 1 is 1.07 bits per heavy atom. The topological polar surface area (TPSA) is 101 Å². The first kappa shape index (κ1) is 18.1. The SMILES string of the molecule is CC(NC(=O)CNC(=O)Nc1ccccc1)c1ccc(-n2cncn2)cc1. The lowest BCUT2D eigenvalue weighted by Gasteiger charge is -2.15. The van der Waals surface area contributed by atoms with Gasteiger partial charge in [-0.1, -0.05) is 30.3 Å². The summed E-state index contributed by atoms with van der Waals surface area (Å²) in [4.78, 5) is 27.8. The number of urea groups is 1. The molecule has 0 aliphatic carbocycles. The number of hydrogen-bond acceptors (Lipinski definition) is 4. The molecule has 0 aliphatic heterocycles. The third-order valence-electron chi connectivity index (χ3n) is 3.90. The van der Waals surface area contributed by atoms with Crippen LogP contribution in [0.4, 0.5) is 10.5 Å². The van der Waals surface area contributed by atoms with E-state index >= 15 is 0 Å². The number of carbonyl (C=O) groups is 2. The monoisotopic (exact) mass is 364 g/mol. The van der Waals surface area contributed by atoms with Gasteiger partial charge in [-0.3, -0.25) is 4.79 Å². The Hall–Kier alpha value is -3.68. The standard InChI is InChI=1S/C19H20N6O2/c1-14(15-7-9-17(10-8-15)25-13-20-12-22-25)23-18(26)11-21-19(27)24-16-5-3-2-4-6-16/h2-10,12-14H,11H2,1H3,(H,23,26)(H2,21,24,27). The molecule has 1 atom stereocenters. The van der Waals surface area contributed by atoms with E-state index in [1.807, 2.05) is 49.4 Å². The number of benzene rings is 2. The van der Waals surface area contributed by atoms with Gasteiger partial charge in [0.05, 0.1) is 18.3 Å². The Balaban J connectivity index is 1.46. The van der Waals surface area contributed by atoms with Crippen LogP contribution >= 0.6 is 0 Å². The molecule has 0 spiro atoms. The van der Waals surface area contributed by atoms with Gasteiger partial charge in [0.25, 0.3) is 0 Å². The minimum absolute atomic E-state index is 0.111. The van der Waals surface area contributed by atoms with E-state index in [1.54, 1.807) is 23.1 Å². The number of carbonyl (C=O) groups excluding carboxylic acids is 2. The zero-order valence-electron chi connectivity index (χ0n) is 14.8. The second kappa shape index (κ2) is 8.61. The summed E-state index contributed by atoms with van der Waals surface area (Å²) in [6.07, 6.45) is 3.09. The van der Waals surface area contributed by atoms with Gasteiger partial charge in [0.1, 0.15) is 12.7 Å². The molecule has 8 heteroatoms. The molecule has 0 saturated heterocycles. The molecule has 0 fully saturated rings. The molecule has 3 amide bonds. The Bertz CT molecular complexity index is 878. The van der Waals surface area contributed by atoms with Crippen molar-refractivity contribution in [3.8, 4) is 5.69 Å². The highest BCUT2D eigenvalue weighted by Crippen LogP contribution is 2.15. The highest BCUT2D eigenvalue weighted by molar-refractivity contribution is 5.92. The number of rotatable bonds is 6. The maximum atomic E-state index is 12.1. The molecule has 0 bridgehead atoms. The molecule has 1 heterocycles. The van der Waals surface area contributed by atoms with Crippen LogP contribution < -0.4 is 16.0 Å². The molecular weight excluding hydrogens is 344 g/mol. The number of aromatic nitrogens is 3. The molecule has 27 heavy (non-hydrogen) atoms. The molecule has 3 N–H and O–H groups in total. The lowest BCUT2D eigenvalue weighted by Crippen LogP contribution is -2.39. The molecule has 3 rings (SSSR count). The van der Waals surface area contributed by atoms with E-state index in [-0.39, 0.29) is 18.5 Å². The summed E-state index contributed by atoms with van der Waals surface area (Å²) < 4.78 is 1.66. The Labute approximate surface area is 156 Å². The largest absolute Gasteiger partial charge is 0.348 e. The molecule has 1 aromatic heterocycles. The molecule has 2 aromatic carbocycles. The average molecular weight is 364 g/mol. The van der Waals surface area contributed by atoms with Gasteiger partial charge in [0.15, 0.2) is 0 Å². The summed E-state index contributed by atoms with van der Waals surface area (Å²) in [5, 5.41) is 12.1. The zero-order valence-corrected chi connectivity index (χ0v) is 14.8. The van der Waals surface area contributed by atoms with Gasteiger partial charge < -0.3 is 16.0 Å². The molecule has 8 nitrogen and oxygen atoms in total. The van der Waals surface area contributed by atoms with Crippen molar-refractivity contribution in [2.24, 2.45) is 0 Å². The van der Waals surface area contributed by atoms with Gasteiger partial charge in [0.2, 0.25) is 5.91 Å². The Kier molecular flexibility index (Phi) is 5.78. The van der Waals surface area contributed by atoms with Crippen LogP contribution in [-0.4, -0.2) is 33.2 Å². The first-order chi connectivity index (χ1) is 13.1. The minimum atomic E-state index is -0.429. The maximum absolute atomic E-state index is 12.1. The number of hydrogen-bond donors (Lipinski definition) is 3. The van der Waals surface area contributed by atoms with Crippen LogP contribution in [0.3, 0.4) is 0 Å². The summed E-state index contributed by atoms with van der Waals surface area (Å²) >= 11 is 0. The number of nitrogens with one attached hydrogen (secondary N) is 3. The van der Waals surface area contributed by atoms with E-state index in [4.69, 9.17) is 0 Å². The first-order valence-corrected chi connectivity index (χ1v) is 8.46. The number of anilines is 1. The van der Waals surface area contributed by atoms with Gasteiger partial charge in [-0.05, 0) is 36.8 Å². The van der Waals surface area contributed by atoms with E-state index in [1.165, 1.54) is 6.33 Å². The van der Waals surface area contributed by atoms with Crippen molar-refractivity contribution in [1.82, 2.24) is 25.4 Å². The van der Waals surface area contributed by atoms with Crippen LogP contribution in [0.15, 0.2) is 67.3 Å². The predicted octanol–water partition coefficient (Wildman–Crippen LogP) is 2.27. The van der Waals surface area contributed by atoms with Gasteiger partial charge in [-0.25, -0.2) is 14.5 Å². The van der Waals surface area contributed by atoms with Crippen molar-refractivity contribution < 1.29 is 9.59 Å². The third-order valence-corrected chi connectivity index (χ3v) is 3.90. The van der Waals surface area contributed by atoms with Crippen molar-refractivity contribution in [1.29, 1.82) is 0 Å². The smallest absolute Gasteiger partial charge is 0.319 e. The van der Waals surface area contributed by atoms with Crippen molar-refractivity contribution in [3.63, 3.8) is 0 Å². The van der Waals surface area contributed by atoms with E-state index in [2.05, 4.69) is 26.0 Å². The van der Waals surface area contributed by atoms with Gasteiger partial charge in [0, 0.05) is 5.69 Å². The first-order valence-electron chi connectivity index (χ1n) is 8.46. The molecular formula is C19H20N6O2. The van der Waals surface area contributed by atoms with E-state index in [0.29, 0.717) is 5.69 Å². The summed E-state index contributed by atoms with van der Waals surface area (Å²) in [5.41, 5.74) is 2.49. The van der Waals surface area contributed by atoms with Crippen LogP contribution in [0.1, 0.15) is 18.5 Å². The number of para-hydroxylation sites is 1. The molecule has 0 radical (unpaired) electrons. The van der Waals surface area contributed by atoms with Crippen LogP contribution in [0.25, 0.3) is 5.69 Å². The van der Waals surface area contributed by atoms with Crippen LogP contribution in [-0.2, 0) is 4.79 Å². The van der Waals surface area contributed by atoms with Crippen molar-refractivity contribution in [2.45, 2.75) is 13.0 Å². The zero-order chi connectivity index (χ0) is 19.1. The Morgan fingerprint density at radius 2 is 1.81 bits per heavy atom. The molecule has 0 saturated carbocycles. The molecule has 3 aromatic rings. The lowest BCUT2D eigenvalue weighted by molar-refractivity contribution is -0.120. The van der Waals surface area contributed by atoms with Crippen LogP contribution in [0, 0.1) is 0 Å². The molecule has 138 valence electrons. The fourth-order valence-electron chi connectivity index (χ4n) is 2.49. The number of amides is 3. The summed E-state index contributed by atoms with van der Waals surface area (Å²) in [6, 6.07) is 16.0. The highest BCUT2D eigenvalue weighted by atomic mass is 16.2. The Morgan fingerprint density at radius 3 is 2.48 bits per heavy atom. The second-order valence-corrected chi connectivity index (χ2v) is 5.89. The highest BCUT2D eigenvalue weighted by Gasteiger charge is 2.11. The fraction of sp³-hybridized carbons (Fsp3) is 0.158. The number of nitrogens with zero attached hydrogens (tertiary/aromatic N) is 3.